The van der Waals surface area contributed by atoms with Crippen LogP contribution in [-0.4, -0.2) is 43.0 Å². The molecule has 9 heteroatoms. The van der Waals surface area contributed by atoms with Crippen molar-refractivity contribution in [3.05, 3.63) is 90.4 Å². The van der Waals surface area contributed by atoms with Crippen LogP contribution in [0.25, 0.3) is 5.82 Å². The van der Waals surface area contributed by atoms with E-state index in [0.717, 1.165) is 16.9 Å². The number of anilines is 2. The zero-order valence-corrected chi connectivity index (χ0v) is 18.8. The van der Waals surface area contributed by atoms with E-state index in [-0.39, 0.29) is 23.9 Å². The smallest absolute Gasteiger partial charge is 0.258 e. The number of pyridine rings is 1. The SMILES string of the molecule is CC(=O)N(c1ccccc1)C1CC(C)N(C(=O)c2ccnc(-n3cnnn3)c2)c2ccccc21. The van der Waals surface area contributed by atoms with Gasteiger partial charge in [0.1, 0.15) is 6.33 Å². The van der Waals surface area contributed by atoms with Gasteiger partial charge in [-0.25, -0.2) is 4.98 Å². The Labute approximate surface area is 196 Å². The maximum Gasteiger partial charge on any atom is 0.258 e. The summed E-state index contributed by atoms with van der Waals surface area (Å²) in [5.74, 6) is 0.265. The summed E-state index contributed by atoms with van der Waals surface area (Å²) in [5, 5.41) is 11.1. The number of rotatable bonds is 4. The van der Waals surface area contributed by atoms with Crippen molar-refractivity contribution in [2.24, 2.45) is 0 Å². The molecule has 2 atom stereocenters. The van der Waals surface area contributed by atoms with Gasteiger partial charge in [0.2, 0.25) is 5.91 Å². The number of carbonyl (C=O) groups is 2. The van der Waals surface area contributed by atoms with Crippen molar-refractivity contribution in [3.63, 3.8) is 0 Å². The summed E-state index contributed by atoms with van der Waals surface area (Å²) in [7, 11) is 0. The molecule has 0 bridgehead atoms. The first-order valence-electron chi connectivity index (χ1n) is 11.0. The Hall–Kier alpha value is -4.40. The van der Waals surface area contributed by atoms with Crippen LogP contribution in [0.3, 0.4) is 0 Å². The number of benzene rings is 2. The number of hydrogen-bond donors (Lipinski definition) is 0. The molecular formula is C25H23N7O2. The Balaban J connectivity index is 1.54. The third kappa shape index (κ3) is 3.81. The molecule has 0 radical (unpaired) electrons. The number of fused-ring (bicyclic) bond motifs is 1. The lowest BCUT2D eigenvalue weighted by Gasteiger charge is -2.43. The predicted octanol–water partition coefficient (Wildman–Crippen LogP) is 3.59. The van der Waals surface area contributed by atoms with E-state index in [1.165, 1.54) is 11.0 Å². The zero-order chi connectivity index (χ0) is 23.7. The van der Waals surface area contributed by atoms with Gasteiger partial charge in [-0.15, -0.1) is 5.10 Å². The van der Waals surface area contributed by atoms with Crippen LogP contribution in [-0.2, 0) is 4.79 Å². The third-order valence-electron chi connectivity index (χ3n) is 6.04. The van der Waals surface area contributed by atoms with E-state index in [0.29, 0.717) is 17.8 Å². The molecule has 9 nitrogen and oxygen atoms in total. The number of nitrogens with zero attached hydrogens (tertiary/aromatic N) is 7. The number of tetrazole rings is 1. The predicted molar refractivity (Wildman–Crippen MR) is 127 cm³/mol. The summed E-state index contributed by atoms with van der Waals surface area (Å²) in [6, 6.07) is 20.4. The second-order valence-electron chi connectivity index (χ2n) is 8.22. The van der Waals surface area contributed by atoms with Crippen molar-refractivity contribution in [1.82, 2.24) is 25.2 Å². The fourth-order valence-electron chi connectivity index (χ4n) is 4.59. The minimum absolute atomic E-state index is 0.0433. The summed E-state index contributed by atoms with van der Waals surface area (Å²) in [5.41, 5.74) is 3.04. The van der Waals surface area contributed by atoms with Crippen molar-refractivity contribution in [3.8, 4) is 5.82 Å². The van der Waals surface area contributed by atoms with E-state index in [4.69, 9.17) is 0 Å². The van der Waals surface area contributed by atoms with E-state index in [2.05, 4.69) is 20.5 Å². The molecule has 0 spiro atoms. The second-order valence-corrected chi connectivity index (χ2v) is 8.22. The molecule has 2 aromatic carbocycles. The monoisotopic (exact) mass is 453 g/mol. The Kier molecular flexibility index (Phi) is 5.59. The molecule has 34 heavy (non-hydrogen) atoms. The Morgan fingerprint density at radius 1 is 1.03 bits per heavy atom. The van der Waals surface area contributed by atoms with Crippen molar-refractivity contribution >= 4 is 23.2 Å². The first-order valence-corrected chi connectivity index (χ1v) is 11.0. The van der Waals surface area contributed by atoms with Crippen LogP contribution in [0.4, 0.5) is 11.4 Å². The molecule has 0 N–H and O–H groups in total. The van der Waals surface area contributed by atoms with E-state index in [1.807, 2.05) is 66.4 Å². The summed E-state index contributed by atoms with van der Waals surface area (Å²) in [6.45, 7) is 3.59. The summed E-state index contributed by atoms with van der Waals surface area (Å²) < 4.78 is 1.41. The zero-order valence-electron chi connectivity index (χ0n) is 18.8. The number of hydrogen-bond acceptors (Lipinski definition) is 6. The van der Waals surface area contributed by atoms with Crippen LogP contribution in [0, 0.1) is 0 Å². The first kappa shape index (κ1) is 21.4. The van der Waals surface area contributed by atoms with Gasteiger partial charge in [0.15, 0.2) is 5.82 Å². The largest absolute Gasteiger partial charge is 0.305 e. The maximum absolute atomic E-state index is 13.7. The Morgan fingerprint density at radius 3 is 2.53 bits per heavy atom. The van der Waals surface area contributed by atoms with E-state index >= 15 is 0 Å². The Bertz CT molecular complexity index is 1320. The van der Waals surface area contributed by atoms with Crippen LogP contribution in [0.1, 0.15) is 42.2 Å². The lowest BCUT2D eigenvalue weighted by atomic mass is 9.89. The van der Waals surface area contributed by atoms with Crippen LogP contribution >= 0.6 is 0 Å². The van der Waals surface area contributed by atoms with Gasteiger partial charge in [-0.3, -0.25) is 9.59 Å². The minimum Gasteiger partial charge on any atom is -0.305 e. The third-order valence-corrected chi connectivity index (χ3v) is 6.04. The summed E-state index contributed by atoms with van der Waals surface area (Å²) >= 11 is 0. The standard InChI is InChI=1S/C25H23N7O2/c1-17-14-23(32(18(2)33)20-8-4-3-5-9-20)21-10-6-7-11-22(21)31(17)25(34)19-12-13-26-24(15-19)30-16-27-28-29-30/h3-13,15-17,23H,14H2,1-2H3. The van der Waals surface area contributed by atoms with Crippen LogP contribution in [0.5, 0.6) is 0 Å². The molecule has 3 heterocycles. The topological polar surface area (TPSA) is 97.1 Å². The van der Waals surface area contributed by atoms with Gasteiger partial charge in [-0.2, -0.15) is 4.68 Å². The highest BCUT2D eigenvalue weighted by Gasteiger charge is 2.38. The van der Waals surface area contributed by atoms with E-state index in [1.54, 1.807) is 30.2 Å². The number of aromatic nitrogens is 5. The molecular weight excluding hydrogens is 430 g/mol. The van der Waals surface area contributed by atoms with Gasteiger partial charge < -0.3 is 9.80 Å². The Morgan fingerprint density at radius 2 is 1.79 bits per heavy atom. The van der Waals surface area contributed by atoms with Crippen molar-refractivity contribution in [2.75, 3.05) is 9.80 Å². The van der Waals surface area contributed by atoms with Gasteiger partial charge in [0.25, 0.3) is 5.91 Å². The van der Waals surface area contributed by atoms with Crippen molar-refractivity contribution in [1.29, 1.82) is 0 Å². The molecule has 2 aromatic heterocycles. The normalized spacial score (nSPS) is 17.2. The van der Waals surface area contributed by atoms with Crippen LogP contribution in [0.15, 0.2) is 79.3 Å². The molecule has 4 aromatic rings. The van der Waals surface area contributed by atoms with Crippen LogP contribution < -0.4 is 9.80 Å². The molecule has 0 saturated carbocycles. The maximum atomic E-state index is 13.7. The summed E-state index contributed by atoms with van der Waals surface area (Å²) in [4.78, 5) is 34.4. The average Bonchev–Trinajstić information content (AvgIpc) is 3.40. The molecule has 0 saturated heterocycles. The van der Waals surface area contributed by atoms with E-state index < -0.39 is 0 Å². The lowest BCUT2D eigenvalue weighted by Crippen LogP contribution is -2.47. The molecule has 1 aliphatic rings. The van der Waals surface area contributed by atoms with Gasteiger partial charge in [-0.1, -0.05) is 36.4 Å². The average molecular weight is 454 g/mol. The number of para-hydroxylation sites is 2. The van der Waals surface area contributed by atoms with Crippen LogP contribution in [0.2, 0.25) is 0 Å². The molecule has 5 rings (SSSR count). The van der Waals surface area contributed by atoms with Crippen molar-refractivity contribution in [2.45, 2.75) is 32.4 Å². The number of amides is 2. The fraction of sp³-hybridized carbons (Fsp3) is 0.200. The highest BCUT2D eigenvalue weighted by molar-refractivity contribution is 6.07. The van der Waals surface area contributed by atoms with Gasteiger partial charge in [0, 0.05) is 36.1 Å². The molecule has 0 aliphatic carbocycles. The molecule has 2 amide bonds. The second kappa shape index (κ2) is 8.86. The molecule has 0 fully saturated rings. The lowest BCUT2D eigenvalue weighted by molar-refractivity contribution is -0.117. The first-order chi connectivity index (χ1) is 16.5. The van der Waals surface area contributed by atoms with Gasteiger partial charge in [0.05, 0.1) is 6.04 Å². The minimum atomic E-state index is -0.190. The molecule has 2 unspecified atom stereocenters. The van der Waals surface area contributed by atoms with Gasteiger partial charge >= 0.3 is 0 Å². The quantitative estimate of drug-likeness (QED) is 0.468. The number of carbonyl (C=O) groups excluding carboxylic acids is 2. The molecule has 170 valence electrons. The van der Waals surface area contributed by atoms with E-state index in [9.17, 15) is 9.59 Å². The summed E-state index contributed by atoms with van der Waals surface area (Å²) in [6.07, 6.45) is 3.60. The molecule has 1 aliphatic heterocycles. The fourth-order valence-corrected chi connectivity index (χ4v) is 4.59. The highest BCUT2D eigenvalue weighted by atomic mass is 16.2. The highest BCUT2D eigenvalue weighted by Crippen LogP contribution is 2.42. The van der Waals surface area contributed by atoms with Crippen molar-refractivity contribution < 1.29 is 9.59 Å². The van der Waals surface area contributed by atoms with Gasteiger partial charge in [-0.05, 0) is 59.7 Å².